The van der Waals surface area contributed by atoms with Crippen LogP contribution < -0.4 is 5.32 Å². The van der Waals surface area contributed by atoms with Crippen molar-refractivity contribution in [1.29, 1.82) is 5.26 Å². The van der Waals surface area contributed by atoms with Gasteiger partial charge in [-0.1, -0.05) is 6.92 Å². The van der Waals surface area contributed by atoms with Gasteiger partial charge in [0.05, 0.1) is 16.6 Å². The molecule has 0 radical (unpaired) electrons. The molecule has 0 saturated heterocycles. The summed E-state index contributed by atoms with van der Waals surface area (Å²) < 4.78 is 0. The standard InChI is InChI=1S/C12H13N3O4/c1-3-12(2,11(16)17)14-9-6-8(7-13)4-5-10(9)15(18)19/h4-6,14H,3H2,1-2H3,(H,16,17). The number of carbonyl (C=O) groups is 1. The lowest BCUT2D eigenvalue weighted by Gasteiger charge is -2.25. The summed E-state index contributed by atoms with van der Waals surface area (Å²) >= 11 is 0. The van der Waals surface area contributed by atoms with Gasteiger partial charge in [0.15, 0.2) is 0 Å². The highest BCUT2D eigenvalue weighted by Crippen LogP contribution is 2.29. The van der Waals surface area contributed by atoms with E-state index in [0.29, 0.717) is 0 Å². The van der Waals surface area contributed by atoms with E-state index in [2.05, 4.69) is 5.32 Å². The topological polar surface area (TPSA) is 116 Å². The first-order valence-corrected chi connectivity index (χ1v) is 5.54. The molecule has 2 N–H and O–H groups in total. The first-order chi connectivity index (χ1) is 8.84. The van der Waals surface area contributed by atoms with Crippen LogP contribution in [0.4, 0.5) is 11.4 Å². The molecular formula is C12H13N3O4. The number of nitriles is 1. The largest absolute Gasteiger partial charge is 0.480 e. The molecule has 0 aliphatic heterocycles. The van der Waals surface area contributed by atoms with E-state index in [1.807, 2.05) is 6.07 Å². The Labute approximate surface area is 109 Å². The van der Waals surface area contributed by atoms with Crippen LogP contribution in [0, 0.1) is 21.4 Å². The van der Waals surface area contributed by atoms with E-state index in [9.17, 15) is 14.9 Å². The molecule has 7 heteroatoms. The Kier molecular flexibility index (Phi) is 4.07. The number of aliphatic carboxylic acids is 1. The van der Waals surface area contributed by atoms with Crippen molar-refractivity contribution in [2.45, 2.75) is 25.8 Å². The predicted molar refractivity (Wildman–Crippen MR) is 67.8 cm³/mol. The zero-order valence-electron chi connectivity index (χ0n) is 10.5. The van der Waals surface area contributed by atoms with Crippen LogP contribution in [0.15, 0.2) is 18.2 Å². The van der Waals surface area contributed by atoms with E-state index in [1.54, 1.807) is 6.92 Å². The van der Waals surface area contributed by atoms with Crippen molar-refractivity contribution >= 4 is 17.3 Å². The van der Waals surface area contributed by atoms with Crippen LogP contribution in [0.2, 0.25) is 0 Å². The number of hydrogen-bond donors (Lipinski definition) is 2. The van der Waals surface area contributed by atoms with Gasteiger partial charge in [0.25, 0.3) is 5.69 Å². The monoisotopic (exact) mass is 263 g/mol. The van der Waals surface area contributed by atoms with Crippen LogP contribution in [0.25, 0.3) is 0 Å². The third-order valence-corrected chi connectivity index (χ3v) is 2.91. The number of carboxylic acid groups (broad SMARTS) is 1. The molecule has 0 spiro atoms. The normalized spacial score (nSPS) is 13.1. The van der Waals surface area contributed by atoms with Gasteiger partial charge in [-0.05, 0) is 25.5 Å². The van der Waals surface area contributed by atoms with E-state index >= 15 is 0 Å². The fraction of sp³-hybridized carbons (Fsp3) is 0.333. The molecular weight excluding hydrogens is 250 g/mol. The summed E-state index contributed by atoms with van der Waals surface area (Å²) in [5, 5.41) is 31.5. The quantitative estimate of drug-likeness (QED) is 0.620. The van der Waals surface area contributed by atoms with Crippen molar-refractivity contribution < 1.29 is 14.8 Å². The van der Waals surface area contributed by atoms with Crippen LogP contribution in [-0.2, 0) is 4.79 Å². The number of hydrogen-bond acceptors (Lipinski definition) is 5. The van der Waals surface area contributed by atoms with Gasteiger partial charge >= 0.3 is 5.97 Å². The third kappa shape index (κ3) is 2.98. The predicted octanol–water partition coefficient (Wildman–Crippen LogP) is 2.13. The Hall–Kier alpha value is -2.62. The van der Waals surface area contributed by atoms with E-state index in [-0.39, 0.29) is 23.4 Å². The summed E-state index contributed by atoms with van der Waals surface area (Å²) in [6.07, 6.45) is 0.232. The van der Waals surface area contributed by atoms with E-state index in [4.69, 9.17) is 10.4 Å². The lowest BCUT2D eigenvalue weighted by atomic mass is 9.98. The van der Waals surface area contributed by atoms with Crippen LogP contribution >= 0.6 is 0 Å². The molecule has 1 aromatic carbocycles. The summed E-state index contributed by atoms with van der Waals surface area (Å²) in [4.78, 5) is 21.5. The van der Waals surface area contributed by atoms with Crippen molar-refractivity contribution in [3.05, 3.63) is 33.9 Å². The van der Waals surface area contributed by atoms with Gasteiger partial charge in [-0.15, -0.1) is 0 Å². The zero-order valence-corrected chi connectivity index (χ0v) is 10.5. The van der Waals surface area contributed by atoms with Crippen molar-refractivity contribution in [2.75, 3.05) is 5.32 Å². The molecule has 0 bridgehead atoms. The Morgan fingerprint density at radius 3 is 2.68 bits per heavy atom. The van der Waals surface area contributed by atoms with Crippen molar-refractivity contribution in [3.8, 4) is 6.07 Å². The summed E-state index contributed by atoms with van der Waals surface area (Å²) in [5.74, 6) is -1.12. The van der Waals surface area contributed by atoms with E-state index in [0.717, 1.165) is 0 Å². The molecule has 0 heterocycles. The molecule has 1 rings (SSSR count). The van der Waals surface area contributed by atoms with Crippen LogP contribution in [0.1, 0.15) is 25.8 Å². The Balaban J connectivity index is 3.29. The van der Waals surface area contributed by atoms with Crippen molar-refractivity contribution in [2.24, 2.45) is 0 Å². The van der Waals surface area contributed by atoms with Gasteiger partial charge in [-0.25, -0.2) is 4.79 Å². The van der Waals surface area contributed by atoms with Gasteiger partial charge < -0.3 is 10.4 Å². The minimum Gasteiger partial charge on any atom is -0.480 e. The van der Waals surface area contributed by atoms with Gasteiger partial charge in [0.2, 0.25) is 0 Å². The highest BCUT2D eigenvalue weighted by molar-refractivity contribution is 5.83. The fourth-order valence-electron chi connectivity index (χ4n) is 1.46. The highest BCUT2D eigenvalue weighted by Gasteiger charge is 2.33. The molecule has 0 aliphatic rings. The smallest absolute Gasteiger partial charge is 0.329 e. The second-order valence-corrected chi connectivity index (χ2v) is 4.22. The number of anilines is 1. The highest BCUT2D eigenvalue weighted by atomic mass is 16.6. The summed E-state index contributed by atoms with van der Waals surface area (Å²) in [5.41, 5.74) is -1.36. The second-order valence-electron chi connectivity index (χ2n) is 4.22. The van der Waals surface area contributed by atoms with E-state index < -0.39 is 16.4 Å². The minimum absolute atomic E-state index is 0.0239. The Morgan fingerprint density at radius 2 is 2.26 bits per heavy atom. The molecule has 0 aromatic heterocycles. The number of nitrogens with one attached hydrogen (secondary N) is 1. The Morgan fingerprint density at radius 1 is 1.63 bits per heavy atom. The number of benzene rings is 1. The third-order valence-electron chi connectivity index (χ3n) is 2.91. The molecule has 1 aromatic rings. The molecule has 7 nitrogen and oxygen atoms in total. The molecule has 0 aliphatic carbocycles. The molecule has 0 amide bonds. The molecule has 0 fully saturated rings. The van der Waals surface area contributed by atoms with Crippen LogP contribution in [0.3, 0.4) is 0 Å². The number of nitro groups is 1. The second kappa shape index (κ2) is 5.35. The summed E-state index contributed by atoms with van der Waals surface area (Å²) in [6, 6.07) is 5.62. The Bertz CT molecular complexity index is 565. The maximum atomic E-state index is 11.2. The summed E-state index contributed by atoms with van der Waals surface area (Å²) in [7, 11) is 0. The summed E-state index contributed by atoms with van der Waals surface area (Å²) in [6.45, 7) is 3.08. The number of rotatable bonds is 5. The first-order valence-electron chi connectivity index (χ1n) is 5.54. The van der Waals surface area contributed by atoms with Gasteiger partial charge in [-0.3, -0.25) is 10.1 Å². The maximum absolute atomic E-state index is 11.2. The first kappa shape index (κ1) is 14.4. The molecule has 100 valence electrons. The van der Waals surface area contributed by atoms with Gasteiger partial charge in [-0.2, -0.15) is 5.26 Å². The van der Waals surface area contributed by atoms with E-state index in [1.165, 1.54) is 25.1 Å². The maximum Gasteiger partial charge on any atom is 0.329 e. The molecule has 19 heavy (non-hydrogen) atoms. The van der Waals surface area contributed by atoms with Crippen molar-refractivity contribution in [3.63, 3.8) is 0 Å². The van der Waals surface area contributed by atoms with Crippen LogP contribution in [-0.4, -0.2) is 21.5 Å². The lowest BCUT2D eigenvalue weighted by Crippen LogP contribution is -2.42. The van der Waals surface area contributed by atoms with Gasteiger partial charge in [0, 0.05) is 6.07 Å². The number of nitrogens with zero attached hydrogens (tertiary/aromatic N) is 2. The minimum atomic E-state index is -1.33. The molecule has 0 saturated carbocycles. The fourth-order valence-corrected chi connectivity index (χ4v) is 1.46. The average molecular weight is 263 g/mol. The lowest BCUT2D eigenvalue weighted by molar-refractivity contribution is -0.384. The molecule has 1 atom stereocenters. The number of nitro benzene ring substituents is 1. The number of carboxylic acids is 1. The van der Waals surface area contributed by atoms with Gasteiger partial charge in [0.1, 0.15) is 11.2 Å². The van der Waals surface area contributed by atoms with Crippen LogP contribution in [0.5, 0.6) is 0 Å². The van der Waals surface area contributed by atoms with Crippen molar-refractivity contribution in [1.82, 2.24) is 0 Å². The molecule has 1 unspecified atom stereocenters. The SMILES string of the molecule is CCC(C)(Nc1cc(C#N)ccc1[N+](=O)[O-])C(=O)O. The zero-order chi connectivity index (χ0) is 14.6. The average Bonchev–Trinajstić information content (AvgIpc) is 2.37.